The van der Waals surface area contributed by atoms with Gasteiger partial charge in [-0.2, -0.15) is 0 Å². The first kappa shape index (κ1) is 14.1. The molecule has 1 saturated heterocycles. The van der Waals surface area contributed by atoms with Crippen LogP contribution in [0.5, 0.6) is 0 Å². The van der Waals surface area contributed by atoms with Gasteiger partial charge in [0.15, 0.2) is 0 Å². The summed E-state index contributed by atoms with van der Waals surface area (Å²) in [5.41, 5.74) is 1.19. The van der Waals surface area contributed by atoms with Crippen LogP contribution in [0, 0.1) is 6.92 Å². The second-order valence-electron chi connectivity index (χ2n) is 5.35. The van der Waals surface area contributed by atoms with Crippen LogP contribution in [0.15, 0.2) is 6.33 Å². The zero-order chi connectivity index (χ0) is 13.7. The van der Waals surface area contributed by atoms with Gasteiger partial charge in [0.2, 0.25) is 0 Å². The largest absolute Gasteiger partial charge is 0.370 e. The highest BCUT2D eigenvalue weighted by Crippen LogP contribution is 2.29. The van der Waals surface area contributed by atoms with Crippen LogP contribution in [0.1, 0.15) is 51.5 Å². The van der Waals surface area contributed by atoms with Crippen molar-refractivity contribution < 1.29 is 0 Å². The molecule has 1 aromatic heterocycles. The summed E-state index contributed by atoms with van der Waals surface area (Å²) in [5, 5.41) is 3.40. The quantitative estimate of drug-likeness (QED) is 0.883. The summed E-state index contributed by atoms with van der Waals surface area (Å²) in [6, 6.07) is 0.640. The molecule has 0 aliphatic carbocycles. The molecular weight excluding hydrogens is 236 g/mol. The van der Waals surface area contributed by atoms with Crippen LogP contribution in [0.25, 0.3) is 0 Å². The highest BCUT2D eigenvalue weighted by Gasteiger charge is 2.24. The van der Waals surface area contributed by atoms with Crippen LogP contribution in [-0.4, -0.2) is 29.1 Å². The molecule has 0 saturated carbocycles. The summed E-state index contributed by atoms with van der Waals surface area (Å²) in [6.07, 6.45) is 7.91. The molecule has 1 aromatic rings. The van der Waals surface area contributed by atoms with Gasteiger partial charge in [-0.3, -0.25) is 0 Å². The van der Waals surface area contributed by atoms with Gasteiger partial charge in [0.05, 0.1) is 0 Å². The Balaban J connectivity index is 2.22. The topological polar surface area (TPSA) is 41.1 Å². The van der Waals surface area contributed by atoms with E-state index in [2.05, 4.69) is 41.0 Å². The van der Waals surface area contributed by atoms with Crippen molar-refractivity contribution in [3.63, 3.8) is 0 Å². The van der Waals surface area contributed by atoms with Gasteiger partial charge in [-0.25, -0.2) is 9.97 Å². The summed E-state index contributed by atoms with van der Waals surface area (Å²) in [4.78, 5) is 11.4. The molecule has 0 aromatic carbocycles. The number of piperidine rings is 1. The van der Waals surface area contributed by atoms with Crippen molar-refractivity contribution in [2.75, 3.05) is 23.3 Å². The zero-order valence-electron chi connectivity index (χ0n) is 12.4. The van der Waals surface area contributed by atoms with Gasteiger partial charge in [0.1, 0.15) is 18.0 Å². The van der Waals surface area contributed by atoms with E-state index in [1.807, 2.05) is 0 Å². The number of rotatable bonds is 5. The van der Waals surface area contributed by atoms with Crippen LogP contribution in [0.2, 0.25) is 0 Å². The summed E-state index contributed by atoms with van der Waals surface area (Å²) < 4.78 is 0. The Kier molecular flexibility index (Phi) is 5.00. The van der Waals surface area contributed by atoms with Crippen LogP contribution in [-0.2, 0) is 0 Å². The maximum Gasteiger partial charge on any atom is 0.137 e. The third kappa shape index (κ3) is 3.17. The first-order valence-electron chi connectivity index (χ1n) is 7.60. The number of nitrogens with one attached hydrogen (secondary N) is 1. The first-order chi connectivity index (χ1) is 9.27. The maximum absolute atomic E-state index is 4.54. The predicted octanol–water partition coefficient (Wildman–Crippen LogP) is 3.38. The van der Waals surface area contributed by atoms with Crippen molar-refractivity contribution >= 4 is 11.6 Å². The van der Waals surface area contributed by atoms with Crippen molar-refractivity contribution in [1.29, 1.82) is 0 Å². The predicted molar refractivity (Wildman–Crippen MR) is 80.8 cm³/mol. The van der Waals surface area contributed by atoms with Gasteiger partial charge < -0.3 is 10.2 Å². The minimum atomic E-state index is 0.640. The molecule has 2 rings (SSSR count). The Labute approximate surface area is 116 Å². The Hall–Kier alpha value is -1.32. The van der Waals surface area contributed by atoms with E-state index in [9.17, 15) is 0 Å². The molecule has 106 valence electrons. The lowest BCUT2D eigenvalue weighted by atomic mass is 9.99. The molecule has 19 heavy (non-hydrogen) atoms. The molecular formula is C15H26N4. The molecule has 4 nitrogen and oxygen atoms in total. The lowest BCUT2D eigenvalue weighted by molar-refractivity contribution is 0.446. The van der Waals surface area contributed by atoms with Crippen LogP contribution in [0.4, 0.5) is 11.6 Å². The van der Waals surface area contributed by atoms with Gasteiger partial charge >= 0.3 is 0 Å². The standard InChI is InChI=1S/C15H26N4/c1-4-9-16-14-12(3)15(18-11-17-14)19-10-7-6-8-13(19)5-2/h11,13H,4-10H2,1-3H3,(H,16,17,18). The van der Waals surface area contributed by atoms with Crippen molar-refractivity contribution in [2.45, 2.75) is 58.9 Å². The van der Waals surface area contributed by atoms with E-state index < -0.39 is 0 Å². The average Bonchev–Trinajstić information content (AvgIpc) is 2.46. The Morgan fingerprint density at radius 3 is 2.89 bits per heavy atom. The monoisotopic (exact) mass is 262 g/mol. The highest BCUT2D eigenvalue weighted by atomic mass is 15.2. The average molecular weight is 262 g/mol. The van der Waals surface area contributed by atoms with E-state index in [-0.39, 0.29) is 0 Å². The molecule has 4 heteroatoms. The lowest BCUT2D eigenvalue weighted by Gasteiger charge is -2.37. The molecule has 2 heterocycles. The van der Waals surface area contributed by atoms with Crippen molar-refractivity contribution in [3.8, 4) is 0 Å². The van der Waals surface area contributed by atoms with E-state index in [4.69, 9.17) is 0 Å². The van der Waals surface area contributed by atoms with Crippen LogP contribution < -0.4 is 10.2 Å². The van der Waals surface area contributed by atoms with E-state index >= 15 is 0 Å². The van der Waals surface area contributed by atoms with E-state index in [1.54, 1.807) is 6.33 Å². The molecule has 1 unspecified atom stereocenters. The molecule has 1 aliphatic rings. The first-order valence-corrected chi connectivity index (χ1v) is 7.60. The molecule has 1 N–H and O–H groups in total. The Morgan fingerprint density at radius 2 is 2.16 bits per heavy atom. The fourth-order valence-corrected chi connectivity index (χ4v) is 2.86. The van der Waals surface area contributed by atoms with E-state index in [0.717, 1.165) is 31.1 Å². The van der Waals surface area contributed by atoms with Crippen molar-refractivity contribution in [2.24, 2.45) is 0 Å². The van der Waals surface area contributed by atoms with Crippen LogP contribution >= 0.6 is 0 Å². The lowest BCUT2D eigenvalue weighted by Crippen LogP contribution is -2.40. The molecule has 1 atom stereocenters. The van der Waals surface area contributed by atoms with Gasteiger partial charge in [0.25, 0.3) is 0 Å². The number of hydrogen-bond acceptors (Lipinski definition) is 4. The number of nitrogens with zero attached hydrogens (tertiary/aromatic N) is 3. The second kappa shape index (κ2) is 6.73. The number of anilines is 2. The van der Waals surface area contributed by atoms with Crippen molar-refractivity contribution in [1.82, 2.24) is 9.97 Å². The van der Waals surface area contributed by atoms with Gasteiger partial charge in [0, 0.05) is 24.7 Å². The minimum absolute atomic E-state index is 0.640. The molecule has 1 aliphatic heterocycles. The van der Waals surface area contributed by atoms with Gasteiger partial charge in [-0.1, -0.05) is 13.8 Å². The highest BCUT2D eigenvalue weighted by molar-refractivity contribution is 5.58. The van der Waals surface area contributed by atoms with Crippen LogP contribution in [0.3, 0.4) is 0 Å². The summed E-state index contributed by atoms with van der Waals surface area (Å²) in [6.45, 7) is 8.67. The zero-order valence-corrected chi connectivity index (χ0v) is 12.4. The molecule has 0 spiro atoms. The number of hydrogen-bond donors (Lipinski definition) is 1. The second-order valence-corrected chi connectivity index (χ2v) is 5.35. The number of aromatic nitrogens is 2. The smallest absolute Gasteiger partial charge is 0.137 e. The summed E-state index contributed by atoms with van der Waals surface area (Å²) in [7, 11) is 0. The van der Waals surface area contributed by atoms with E-state index in [1.165, 1.54) is 31.2 Å². The molecule has 1 fully saturated rings. The third-order valence-corrected chi connectivity index (χ3v) is 3.97. The van der Waals surface area contributed by atoms with Gasteiger partial charge in [-0.15, -0.1) is 0 Å². The minimum Gasteiger partial charge on any atom is -0.370 e. The Morgan fingerprint density at radius 1 is 1.32 bits per heavy atom. The van der Waals surface area contributed by atoms with E-state index in [0.29, 0.717) is 6.04 Å². The molecule has 0 amide bonds. The normalized spacial score (nSPS) is 19.5. The van der Waals surface area contributed by atoms with Crippen molar-refractivity contribution in [3.05, 3.63) is 11.9 Å². The Bertz CT molecular complexity index is 405. The van der Waals surface area contributed by atoms with Gasteiger partial charge in [-0.05, 0) is 39.0 Å². The fourth-order valence-electron chi connectivity index (χ4n) is 2.86. The maximum atomic E-state index is 4.54. The summed E-state index contributed by atoms with van der Waals surface area (Å²) >= 11 is 0. The SMILES string of the molecule is CCCNc1ncnc(N2CCCCC2CC)c1C. The molecule has 0 bridgehead atoms. The third-order valence-electron chi connectivity index (χ3n) is 3.97. The molecule has 0 radical (unpaired) electrons. The summed E-state index contributed by atoms with van der Waals surface area (Å²) in [5.74, 6) is 2.12. The fraction of sp³-hybridized carbons (Fsp3) is 0.733.